The van der Waals surface area contributed by atoms with Crippen LogP contribution in [0.15, 0.2) is 192 Å². The highest BCUT2D eigenvalue weighted by Crippen LogP contribution is 2.57. The Kier molecular flexibility index (Phi) is 6.98. The second-order valence-corrected chi connectivity index (χ2v) is 16.0. The van der Waals surface area contributed by atoms with E-state index in [2.05, 4.69) is 207 Å². The summed E-state index contributed by atoms with van der Waals surface area (Å²) < 4.78 is 13.8. The fourth-order valence-corrected chi connectivity index (χ4v) is 9.70. The van der Waals surface area contributed by atoms with Crippen molar-refractivity contribution >= 4 is 49.8 Å². The molecule has 2 aliphatic rings. The quantitative estimate of drug-likeness (QED) is 0.176. The molecule has 9 aromatic carbocycles. The fourth-order valence-electron chi connectivity index (χ4n) is 9.70. The molecule has 12 rings (SSSR count). The van der Waals surface area contributed by atoms with Crippen molar-refractivity contribution in [3.8, 4) is 56.0 Å². The number of rotatable bonds is 5. The predicted octanol–water partition coefficient (Wildman–Crippen LogP) is 15.6. The zero-order valence-electron chi connectivity index (χ0n) is 32.2. The number of fused-ring (bicyclic) bond motifs is 8. The molecule has 58 heavy (non-hydrogen) atoms. The zero-order chi connectivity index (χ0) is 38.5. The molecule has 0 bridgehead atoms. The van der Waals surface area contributed by atoms with Gasteiger partial charge in [0, 0.05) is 38.1 Å². The molecular weight excluding hydrogens is 707 g/mol. The van der Waals surface area contributed by atoms with Gasteiger partial charge < -0.3 is 14.1 Å². The minimum Gasteiger partial charge on any atom is -0.456 e. The van der Waals surface area contributed by atoms with Crippen molar-refractivity contribution in [2.75, 3.05) is 4.90 Å². The van der Waals surface area contributed by atoms with Gasteiger partial charge in [0.15, 0.2) is 5.58 Å². The van der Waals surface area contributed by atoms with Crippen LogP contribution in [0, 0.1) is 0 Å². The lowest BCUT2D eigenvalue weighted by Gasteiger charge is -2.31. The summed E-state index contributed by atoms with van der Waals surface area (Å²) in [5, 5.41) is 4.38. The van der Waals surface area contributed by atoms with Crippen molar-refractivity contribution in [3.63, 3.8) is 0 Å². The number of furan rings is 1. The highest BCUT2D eigenvalue weighted by molar-refractivity contribution is 6.15. The van der Waals surface area contributed by atoms with Crippen LogP contribution in [0.5, 0.6) is 11.5 Å². The zero-order valence-corrected chi connectivity index (χ0v) is 32.2. The van der Waals surface area contributed by atoms with Crippen LogP contribution in [-0.2, 0) is 5.41 Å². The highest BCUT2D eigenvalue weighted by atomic mass is 16.5. The van der Waals surface area contributed by atoms with Gasteiger partial charge in [0.05, 0.1) is 17.1 Å². The Morgan fingerprint density at radius 3 is 1.90 bits per heavy atom. The molecule has 3 nitrogen and oxygen atoms in total. The van der Waals surface area contributed by atoms with Gasteiger partial charge in [-0.15, -0.1) is 0 Å². The molecule has 0 amide bonds. The predicted molar refractivity (Wildman–Crippen MR) is 240 cm³/mol. The summed E-state index contributed by atoms with van der Waals surface area (Å²) in [6.45, 7) is 4.69. The summed E-state index contributed by atoms with van der Waals surface area (Å²) >= 11 is 0. The van der Waals surface area contributed by atoms with Gasteiger partial charge in [-0.3, -0.25) is 0 Å². The molecule has 10 aromatic rings. The highest BCUT2D eigenvalue weighted by Gasteiger charge is 2.38. The van der Waals surface area contributed by atoms with Gasteiger partial charge in [-0.25, -0.2) is 0 Å². The maximum Gasteiger partial charge on any atom is 0.159 e. The van der Waals surface area contributed by atoms with Crippen molar-refractivity contribution in [1.29, 1.82) is 0 Å². The molecule has 0 unspecified atom stereocenters. The van der Waals surface area contributed by atoms with E-state index in [4.69, 9.17) is 9.15 Å². The van der Waals surface area contributed by atoms with E-state index in [1.807, 2.05) is 0 Å². The standard InChI is InChI=1S/C55H37NO2/c1-55(2)44-22-10-9-18-42(44)53-45(55)23-13-24-47(53)56(48-25-12-20-41-39-29-27-37(33-51(39)58-54(41)48)35-16-7-4-8-17-35)46-30-31-49-52-40(19-11-21-43(46)52)38-28-26-36(32-50(38)57-49)34-14-5-3-6-15-34/h3-33H,1-2H3. The van der Waals surface area contributed by atoms with Gasteiger partial charge >= 0.3 is 0 Å². The molecule has 274 valence electrons. The van der Waals surface area contributed by atoms with Gasteiger partial charge in [-0.1, -0.05) is 153 Å². The lowest BCUT2D eigenvalue weighted by Crippen LogP contribution is -2.16. The second kappa shape index (κ2) is 12.3. The van der Waals surface area contributed by atoms with E-state index in [0.29, 0.717) is 0 Å². The third-order valence-corrected chi connectivity index (χ3v) is 12.5. The number of benzene rings is 9. The summed E-state index contributed by atoms with van der Waals surface area (Å²) in [6, 6.07) is 67.5. The minimum absolute atomic E-state index is 0.164. The molecule has 0 radical (unpaired) electrons. The average Bonchev–Trinajstić information content (AvgIpc) is 3.77. The molecule has 0 saturated carbocycles. The van der Waals surface area contributed by atoms with Gasteiger partial charge in [0.1, 0.15) is 17.1 Å². The first-order valence-corrected chi connectivity index (χ1v) is 20.0. The molecule has 1 aliphatic heterocycles. The van der Waals surface area contributed by atoms with Crippen LogP contribution in [0.4, 0.5) is 17.1 Å². The van der Waals surface area contributed by atoms with Crippen molar-refractivity contribution in [2.45, 2.75) is 19.3 Å². The number of hydrogen-bond acceptors (Lipinski definition) is 3. The molecule has 0 spiro atoms. The summed E-state index contributed by atoms with van der Waals surface area (Å²) in [4.78, 5) is 2.44. The minimum atomic E-state index is -0.164. The molecule has 1 aliphatic carbocycles. The first kappa shape index (κ1) is 32.8. The largest absolute Gasteiger partial charge is 0.456 e. The molecule has 0 fully saturated rings. The third kappa shape index (κ3) is 4.74. The Morgan fingerprint density at radius 2 is 1.07 bits per heavy atom. The van der Waals surface area contributed by atoms with Crippen LogP contribution >= 0.6 is 0 Å². The maximum atomic E-state index is 7.02. The molecule has 0 N–H and O–H groups in total. The Balaban J connectivity index is 1.12. The lowest BCUT2D eigenvalue weighted by atomic mass is 9.82. The van der Waals surface area contributed by atoms with Crippen molar-refractivity contribution in [2.24, 2.45) is 0 Å². The van der Waals surface area contributed by atoms with Crippen LogP contribution in [0.1, 0.15) is 25.0 Å². The van der Waals surface area contributed by atoms with E-state index in [-0.39, 0.29) is 5.41 Å². The normalized spacial score (nSPS) is 13.3. The molecule has 1 aromatic heterocycles. The Bertz CT molecular complexity index is 3280. The molecule has 0 atom stereocenters. The first-order chi connectivity index (χ1) is 28.5. The van der Waals surface area contributed by atoms with Crippen LogP contribution < -0.4 is 9.64 Å². The van der Waals surface area contributed by atoms with E-state index in [1.54, 1.807) is 0 Å². The monoisotopic (exact) mass is 743 g/mol. The number of hydrogen-bond donors (Lipinski definition) is 0. The van der Waals surface area contributed by atoms with Gasteiger partial charge in [0.2, 0.25) is 0 Å². The van der Waals surface area contributed by atoms with Gasteiger partial charge in [0.25, 0.3) is 0 Å². The number of ether oxygens (including phenoxy) is 1. The van der Waals surface area contributed by atoms with Crippen LogP contribution in [0.25, 0.3) is 77.2 Å². The van der Waals surface area contributed by atoms with Gasteiger partial charge in [-0.2, -0.15) is 0 Å². The Labute approximate surface area is 337 Å². The SMILES string of the molecule is CC1(C)c2ccccc2-c2c(N(c3ccc4c5c(cccc35)-c3ccc(-c5ccccc5)cc3O4)c3cccc4c3oc3cc(-c5ccccc5)ccc34)cccc21. The topological polar surface area (TPSA) is 25.6 Å². The van der Waals surface area contributed by atoms with Crippen molar-refractivity contribution < 1.29 is 9.15 Å². The summed E-state index contributed by atoms with van der Waals surface area (Å²) in [5.74, 6) is 1.72. The van der Waals surface area contributed by atoms with E-state index in [0.717, 1.165) is 89.1 Å². The van der Waals surface area contributed by atoms with E-state index >= 15 is 0 Å². The smallest absolute Gasteiger partial charge is 0.159 e. The fraction of sp³-hybridized carbons (Fsp3) is 0.0545. The number of anilines is 3. The van der Waals surface area contributed by atoms with Crippen LogP contribution in [0.3, 0.4) is 0 Å². The Hall–Kier alpha value is -7.36. The third-order valence-electron chi connectivity index (χ3n) is 12.5. The molecule has 0 saturated heterocycles. The number of nitrogens with zero attached hydrogens (tertiary/aromatic N) is 1. The summed E-state index contributed by atoms with van der Waals surface area (Å²) in [6.07, 6.45) is 0. The summed E-state index contributed by atoms with van der Waals surface area (Å²) in [5.41, 5.74) is 16.7. The molecule has 3 heteroatoms. The number of para-hydroxylation sites is 1. The van der Waals surface area contributed by atoms with Crippen molar-refractivity contribution in [1.82, 2.24) is 0 Å². The van der Waals surface area contributed by atoms with E-state index in [9.17, 15) is 0 Å². The van der Waals surface area contributed by atoms with Gasteiger partial charge in [-0.05, 0) is 93.0 Å². The molecular formula is C55H37NO2. The van der Waals surface area contributed by atoms with Crippen LogP contribution in [-0.4, -0.2) is 0 Å². The first-order valence-electron chi connectivity index (χ1n) is 20.0. The second-order valence-electron chi connectivity index (χ2n) is 16.0. The van der Waals surface area contributed by atoms with Crippen LogP contribution in [0.2, 0.25) is 0 Å². The summed E-state index contributed by atoms with van der Waals surface area (Å²) in [7, 11) is 0. The lowest BCUT2D eigenvalue weighted by molar-refractivity contribution is 0.487. The molecule has 2 heterocycles. The van der Waals surface area contributed by atoms with E-state index in [1.165, 1.54) is 27.8 Å². The van der Waals surface area contributed by atoms with Crippen molar-refractivity contribution in [3.05, 3.63) is 199 Å². The maximum absolute atomic E-state index is 7.02. The average molecular weight is 744 g/mol. The Morgan fingerprint density at radius 1 is 0.414 bits per heavy atom. The van der Waals surface area contributed by atoms with E-state index < -0.39 is 0 Å².